The molecule has 1 rings (SSSR count). The van der Waals surface area contributed by atoms with E-state index in [4.69, 9.17) is 14.7 Å². The molecule has 0 aliphatic heterocycles. The van der Waals surface area contributed by atoms with E-state index < -0.39 is 7.32 Å². The summed E-state index contributed by atoms with van der Waals surface area (Å²) in [5.74, 6) is 0.392. The van der Waals surface area contributed by atoms with Crippen molar-refractivity contribution in [2.45, 2.75) is 26.8 Å². The standard InChI is InChI=1S/C7H13BN2O3/c1-5(2)10-4-7(6(3)9-10)13-8(11)12/h4-5,11-12H,1-3H3. The summed E-state index contributed by atoms with van der Waals surface area (Å²) in [7, 11) is -1.79. The van der Waals surface area contributed by atoms with E-state index in [1.807, 2.05) is 13.8 Å². The van der Waals surface area contributed by atoms with Crippen molar-refractivity contribution in [3.8, 4) is 5.75 Å². The van der Waals surface area contributed by atoms with Crippen LogP contribution in [0.15, 0.2) is 6.20 Å². The Balaban J connectivity index is 2.83. The van der Waals surface area contributed by atoms with Gasteiger partial charge >= 0.3 is 7.32 Å². The van der Waals surface area contributed by atoms with Gasteiger partial charge in [-0.2, -0.15) is 5.10 Å². The van der Waals surface area contributed by atoms with Gasteiger partial charge in [-0.1, -0.05) is 0 Å². The Morgan fingerprint density at radius 3 is 2.54 bits per heavy atom. The fourth-order valence-corrected chi connectivity index (χ4v) is 0.959. The average molecular weight is 184 g/mol. The Labute approximate surface area is 77.1 Å². The van der Waals surface area contributed by atoms with E-state index in [0.29, 0.717) is 11.4 Å². The molecule has 2 N–H and O–H groups in total. The summed E-state index contributed by atoms with van der Waals surface area (Å²) in [6, 6.07) is 0.229. The highest BCUT2D eigenvalue weighted by molar-refractivity contribution is 6.33. The number of aryl methyl sites for hydroxylation is 1. The number of rotatable bonds is 3. The van der Waals surface area contributed by atoms with Gasteiger partial charge in [-0.25, -0.2) is 0 Å². The maximum atomic E-state index is 8.57. The summed E-state index contributed by atoms with van der Waals surface area (Å²) in [5, 5.41) is 21.3. The molecule has 1 aromatic heterocycles. The summed E-state index contributed by atoms with van der Waals surface area (Å²) in [5.41, 5.74) is 0.641. The van der Waals surface area contributed by atoms with Crippen molar-refractivity contribution in [3.63, 3.8) is 0 Å². The van der Waals surface area contributed by atoms with Crippen molar-refractivity contribution < 1.29 is 14.7 Å². The Morgan fingerprint density at radius 1 is 1.54 bits per heavy atom. The Hall–Kier alpha value is -1.01. The molecule has 0 unspecified atom stereocenters. The second kappa shape index (κ2) is 3.80. The molecule has 0 bridgehead atoms. The SMILES string of the molecule is Cc1nn(C(C)C)cc1OB(O)O. The van der Waals surface area contributed by atoms with Crippen molar-refractivity contribution >= 4 is 7.32 Å². The number of nitrogens with zero attached hydrogens (tertiary/aromatic N) is 2. The number of aromatic nitrogens is 2. The Morgan fingerprint density at radius 2 is 2.15 bits per heavy atom. The van der Waals surface area contributed by atoms with Gasteiger partial charge in [0.2, 0.25) is 0 Å². The summed E-state index contributed by atoms with van der Waals surface area (Å²) < 4.78 is 6.40. The highest BCUT2D eigenvalue weighted by atomic mass is 16.6. The van der Waals surface area contributed by atoms with E-state index in [1.165, 1.54) is 0 Å². The zero-order valence-electron chi connectivity index (χ0n) is 7.93. The lowest BCUT2D eigenvalue weighted by Gasteiger charge is -2.03. The van der Waals surface area contributed by atoms with Crippen LogP contribution in [0.2, 0.25) is 0 Å². The lowest BCUT2D eigenvalue weighted by Crippen LogP contribution is -2.20. The smallest absolute Gasteiger partial charge is 0.509 e. The van der Waals surface area contributed by atoms with E-state index in [0.717, 1.165) is 0 Å². The molecular formula is C7H13BN2O3. The van der Waals surface area contributed by atoms with Crippen LogP contribution in [0.3, 0.4) is 0 Å². The molecule has 0 spiro atoms. The normalized spacial score (nSPS) is 10.6. The van der Waals surface area contributed by atoms with Gasteiger partial charge in [0.15, 0.2) is 0 Å². The third-order valence-electron chi connectivity index (χ3n) is 1.63. The van der Waals surface area contributed by atoms with Crippen LogP contribution in [0, 0.1) is 6.92 Å². The van der Waals surface area contributed by atoms with Crippen LogP contribution in [-0.2, 0) is 0 Å². The topological polar surface area (TPSA) is 67.5 Å². The van der Waals surface area contributed by atoms with Gasteiger partial charge < -0.3 is 14.7 Å². The minimum atomic E-state index is -1.79. The van der Waals surface area contributed by atoms with Crippen molar-refractivity contribution in [1.29, 1.82) is 0 Å². The molecule has 5 nitrogen and oxygen atoms in total. The fourth-order valence-electron chi connectivity index (χ4n) is 0.959. The quantitative estimate of drug-likeness (QED) is 0.654. The molecule has 0 aliphatic carbocycles. The number of hydrogen-bond acceptors (Lipinski definition) is 4. The van der Waals surface area contributed by atoms with Gasteiger partial charge in [0, 0.05) is 6.04 Å². The monoisotopic (exact) mass is 184 g/mol. The van der Waals surface area contributed by atoms with Crippen LogP contribution >= 0.6 is 0 Å². The van der Waals surface area contributed by atoms with Crippen LogP contribution in [0.1, 0.15) is 25.6 Å². The van der Waals surface area contributed by atoms with E-state index in [9.17, 15) is 0 Å². The second-order valence-corrected chi connectivity index (χ2v) is 3.10. The van der Waals surface area contributed by atoms with Gasteiger partial charge in [-0.15, -0.1) is 0 Å². The number of hydrogen-bond donors (Lipinski definition) is 2. The summed E-state index contributed by atoms with van der Waals surface area (Å²) in [4.78, 5) is 0. The van der Waals surface area contributed by atoms with Crippen LogP contribution in [0.5, 0.6) is 5.75 Å². The molecule has 0 aliphatic rings. The Bertz CT molecular complexity index is 285. The van der Waals surface area contributed by atoms with Gasteiger partial charge in [-0.05, 0) is 20.8 Å². The van der Waals surface area contributed by atoms with E-state index in [2.05, 4.69) is 5.10 Å². The zero-order valence-corrected chi connectivity index (χ0v) is 7.93. The van der Waals surface area contributed by atoms with Crippen LogP contribution < -0.4 is 4.65 Å². The molecule has 0 fully saturated rings. The molecular weight excluding hydrogens is 171 g/mol. The Kier molecular flexibility index (Phi) is 2.95. The van der Waals surface area contributed by atoms with E-state index >= 15 is 0 Å². The largest absolute Gasteiger partial charge is 0.707 e. The first kappa shape index (κ1) is 10.1. The van der Waals surface area contributed by atoms with Crippen molar-refractivity contribution in [2.75, 3.05) is 0 Å². The third kappa shape index (κ3) is 2.47. The predicted molar refractivity (Wildman–Crippen MR) is 48.2 cm³/mol. The molecule has 1 aromatic rings. The first-order valence-corrected chi connectivity index (χ1v) is 4.09. The first-order chi connectivity index (χ1) is 6.00. The fraction of sp³-hybridized carbons (Fsp3) is 0.571. The van der Waals surface area contributed by atoms with E-state index in [-0.39, 0.29) is 6.04 Å². The highest BCUT2D eigenvalue weighted by Crippen LogP contribution is 2.18. The summed E-state index contributed by atoms with van der Waals surface area (Å²) in [6.45, 7) is 5.70. The molecule has 0 atom stereocenters. The lowest BCUT2D eigenvalue weighted by atomic mass is 10.2. The zero-order chi connectivity index (χ0) is 10.0. The van der Waals surface area contributed by atoms with Crippen molar-refractivity contribution in [2.24, 2.45) is 0 Å². The second-order valence-electron chi connectivity index (χ2n) is 3.10. The van der Waals surface area contributed by atoms with Gasteiger partial charge in [0.1, 0.15) is 5.75 Å². The average Bonchev–Trinajstić information content (AvgIpc) is 2.31. The third-order valence-corrected chi connectivity index (χ3v) is 1.63. The first-order valence-electron chi connectivity index (χ1n) is 4.09. The highest BCUT2D eigenvalue weighted by Gasteiger charge is 2.15. The van der Waals surface area contributed by atoms with Crippen molar-refractivity contribution in [3.05, 3.63) is 11.9 Å². The molecule has 6 heteroatoms. The molecule has 0 amide bonds. The van der Waals surface area contributed by atoms with E-state index in [1.54, 1.807) is 17.8 Å². The molecule has 72 valence electrons. The molecule has 0 saturated carbocycles. The van der Waals surface area contributed by atoms with Gasteiger partial charge in [0.25, 0.3) is 0 Å². The van der Waals surface area contributed by atoms with Crippen LogP contribution in [0.4, 0.5) is 0 Å². The minimum absolute atomic E-state index is 0.229. The lowest BCUT2D eigenvalue weighted by molar-refractivity contribution is 0.287. The maximum Gasteiger partial charge on any atom is 0.707 e. The maximum absolute atomic E-state index is 8.57. The molecule has 1 heterocycles. The minimum Gasteiger partial charge on any atom is -0.509 e. The molecule has 0 aromatic carbocycles. The van der Waals surface area contributed by atoms with Crippen LogP contribution in [-0.4, -0.2) is 27.1 Å². The van der Waals surface area contributed by atoms with Crippen molar-refractivity contribution in [1.82, 2.24) is 9.78 Å². The van der Waals surface area contributed by atoms with Gasteiger partial charge in [-0.3, -0.25) is 4.68 Å². The summed E-state index contributed by atoms with van der Waals surface area (Å²) >= 11 is 0. The van der Waals surface area contributed by atoms with Gasteiger partial charge in [0.05, 0.1) is 11.9 Å². The van der Waals surface area contributed by atoms with Crippen LogP contribution in [0.25, 0.3) is 0 Å². The molecule has 0 saturated heterocycles. The molecule has 13 heavy (non-hydrogen) atoms. The summed E-state index contributed by atoms with van der Waals surface area (Å²) in [6.07, 6.45) is 1.64. The molecule has 0 radical (unpaired) electrons. The predicted octanol–water partition coefficient (Wildman–Crippen LogP) is 0.121.